The van der Waals surface area contributed by atoms with Crippen molar-refractivity contribution in [3.05, 3.63) is 0 Å². The lowest BCUT2D eigenvalue weighted by Crippen LogP contribution is -2.19. The van der Waals surface area contributed by atoms with Crippen LogP contribution >= 0.6 is 127 Å². The fourth-order valence-electron chi connectivity index (χ4n) is 11.4. The van der Waals surface area contributed by atoms with Crippen molar-refractivity contribution in [1.29, 1.82) is 0 Å². The molecule has 0 aromatic heterocycles. The summed E-state index contributed by atoms with van der Waals surface area (Å²) in [6.45, 7) is 30.0. The molecule has 22 nitrogen and oxygen atoms in total. The summed E-state index contributed by atoms with van der Waals surface area (Å²) in [5.74, 6) is 0.640. The van der Waals surface area contributed by atoms with Crippen LogP contribution in [0.5, 0.6) is 0 Å². The van der Waals surface area contributed by atoms with Gasteiger partial charge in [0.15, 0.2) is 0 Å². The molecule has 0 bridgehead atoms. The third kappa shape index (κ3) is 54.9. The van der Waals surface area contributed by atoms with Crippen LogP contribution in [0.4, 0.5) is 0 Å². The molecule has 636 valence electrons. The summed E-state index contributed by atoms with van der Waals surface area (Å²) < 4.78 is 187. The molecule has 0 saturated heterocycles. The number of carboxylic acid groups (broad SMARTS) is 1. The van der Waals surface area contributed by atoms with E-state index in [1.807, 2.05) is 104 Å². The average Bonchev–Trinajstić information content (AvgIpc) is 0.847. The van der Waals surface area contributed by atoms with E-state index in [9.17, 15) is 28.2 Å². The molecule has 0 aliphatic carbocycles. The Bertz CT molecular complexity index is 2370. The minimum Gasteiger partial charge on any atom is -0.481 e. The van der Waals surface area contributed by atoms with Gasteiger partial charge in [0.25, 0.3) is 6.57 Å². The van der Waals surface area contributed by atoms with E-state index in [1.54, 1.807) is 41.5 Å². The van der Waals surface area contributed by atoms with Crippen LogP contribution in [0.2, 0.25) is 0 Å². The standard InChI is InChI=1S/C70H147O22P7S7/c1-48(2)33-56(17)41-93(73,80-57(18)34-49(3)4)101-42-64(25)89-98(78,90-67(28)45-102-95(75,81-58(19)35-50(5)6)82-59(20)36-51(7)8)105-43-65(26)87-94(74,100-32-31-70(71)72)88-66(27)44-106-99(79,91-68(29)46-103-96(76,83-60(21)37-52(9)10)84-61(22)38-53(11)12)92-69(30)47-104-97(77,85-62(23)39-54(13)14)86-63(24)40-55(15)16/h48-69H,31-47H2,1-30H3,(H,71,72). The van der Waals surface area contributed by atoms with Crippen molar-refractivity contribution in [2.45, 2.75) is 345 Å². The van der Waals surface area contributed by atoms with Gasteiger partial charge >= 0.3 is 46.8 Å². The molecule has 0 fully saturated rings. The number of carboxylic acids is 1. The third-order valence-electron chi connectivity index (χ3n) is 14.5. The molecule has 1 N–H and O–H groups in total. The Morgan fingerprint density at radius 2 is 0.415 bits per heavy atom. The fraction of sp³-hybridized carbons (Fsp3) is 0.986. The number of carbonyl (C=O) groups is 1. The zero-order valence-electron chi connectivity index (χ0n) is 70.2. The van der Waals surface area contributed by atoms with E-state index >= 15 is 13.7 Å². The lowest BCUT2D eigenvalue weighted by molar-refractivity contribution is -0.136. The highest BCUT2D eigenvalue weighted by atomic mass is 32.7. The summed E-state index contributed by atoms with van der Waals surface area (Å²) in [6, 6.07) is 0. The molecule has 0 amide bonds. The van der Waals surface area contributed by atoms with Gasteiger partial charge in [-0.15, -0.1) is 0 Å². The number of aliphatic carboxylic acids is 1. The predicted molar refractivity (Wildman–Crippen MR) is 459 cm³/mol. The van der Waals surface area contributed by atoms with Crippen LogP contribution in [0.25, 0.3) is 0 Å². The summed E-state index contributed by atoms with van der Waals surface area (Å²) in [5, 5.41) is 9.77. The zero-order chi connectivity index (χ0) is 81.9. The smallest absolute Gasteiger partial charge is 0.389 e. The Morgan fingerprint density at radius 3 is 0.604 bits per heavy atom. The van der Waals surface area contributed by atoms with Crippen molar-refractivity contribution in [2.24, 2.45) is 53.3 Å². The lowest BCUT2D eigenvalue weighted by atomic mass is 10.0. The minimum absolute atomic E-state index is 0.00583. The molecule has 0 aromatic carbocycles. The first kappa shape index (κ1) is 109. The summed E-state index contributed by atoms with van der Waals surface area (Å²) in [7, 11) is 0. The van der Waals surface area contributed by atoms with E-state index in [1.165, 1.54) is 0 Å². The molecular formula is C70H147O22P7S7. The van der Waals surface area contributed by atoms with Crippen LogP contribution < -0.4 is 0 Å². The van der Waals surface area contributed by atoms with Gasteiger partial charge in [0.05, 0.1) is 85.8 Å². The zero-order valence-corrected chi connectivity index (χ0v) is 82.2. The molecule has 0 saturated carbocycles. The summed E-state index contributed by atoms with van der Waals surface area (Å²) in [6.07, 6.45) is -3.14. The first-order valence-corrected chi connectivity index (χ1v) is 60.5. The van der Waals surface area contributed by atoms with Crippen molar-refractivity contribution in [3.8, 4) is 0 Å². The average molecular weight is 1780 g/mol. The molecule has 17 atom stereocenters. The second kappa shape index (κ2) is 54.2. The molecule has 0 aliphatic heterocycles. The molecule has 0 rings (SSSR count). The monoisotopic (exact) mass is 1780 g/mol. The van der Waals surface area contributed by atoms with E-state index in [0.29, 0.717) is 74.3 Å². The van der Waals surface area contributed by atoms with Gasteiger partial charge in [-0.2, -0.15) is 0 Å². The van der Waals surface area contributed by atoms with Crippen LogP contribution in [-0.2, 0) is 95.6 Å². The number of hydrogen-bond acceptors (Lipinski definition) is 28. The van der Waals surface area contributed by atoms with Gasteiger partial charge in [0.1, 0.15) is 0 Å². The Morgan fingerprint density at radius 1 is 0.245 bits per heavy atom. The molecular weight excluding hydrogens is 1630 g/mol. The third-order valence-corrected chi connectivity index (χ3v) is 44.0. The Kier molecular flexibility index (Phi) is 55.8. The van der Waals surface area contributed by atoms with Gasteiger partial charge in [-0.05, 0) is 263 Å². The highest BCUT2D eigenvalue weighted by molar-refractivity contribution is 8.57. The molecule has 17 unspecified atom stereocenters. The summed E-state index contributed by atoms with van der Waals surface area (Å²) in [4.78, 5) is 12.0. The topological polar surface area (TPSA) is 277 Å². The first-order valence-electron chi connectivity index (χ1n) is 38.3. The van der Waals surface area contributed by atoms with Crippen molar-refractivity contribution in [3.63, 3.8) is 0 Å². The maximum atomic E-state index is 15.5. The van der Waals surface area contributed by atoms with E-state index in [0.717, 1.165) is 74.7 Å². The van der Waals surface area contributed by atoms with Gasteiger partial charge in [-0.1, -0.05) is 129 Å². The molecule has 106 heavy (non-hydrogen) atoms. The highest BCUT2D eigenvalue weighted by Crippen LogP contribution is 2.71. The highest BCUT2D eigenvalue weighted by Gasteiger charge is 2.42. The Balaban J connectivity index is 7.63. The first-order chi connectivity index (χ1) is 48.5. The maximum absolute atomic E-state index is 15.5. The van der Waals surface area contributed by atoms with E-state index in [-0.39, 0.29) is 87.8 Å². The van der Waals surface area contributed by atoms with Crippen LogP contribution in [0.3, 0.4) is 0 Å². The summed E-state index contributed by atoms with van der Waals surface area (Å²) in [5.41, 5.74) is 0. The predicted octanol–water partition coefficient (Wildman–Crippen LogP) is 27.7. The van der Waals surface area contributed by atoms with E-state index in [4.69, 9.17) is 58.8 Å². The quantitative estimate of drug-likeness (QED) is 0.0554. The SMILES string of the molecule is CC(C)CC(C)CP(=O)(OC(C)CC(C)C)SCC(C)OP(=O)(OC(C)CSP(=O)(OC(C)CC(C)C)OC(C)CC(C)C)SCC(C)OP(=O)(OC(C)CSP(=O)(OC(C)CSP(=O)(OC(C)CC(C)C)OC(C)CC(C)C)OC(C)CSP(=O)(OC(C)CC(C)C)OC(C)CC(C)C)SCCC(=O)O. The van der Waals surface area contributed by atoms with Gasteiger partial charge in [-0.3, -0.25) is 63.6 Å². The Hall–Kier alpha value is 3.01. The van der Waals surface area contributed by atoms with Crippen LogP contribution in [0.15, 0.2) is 0 Å². The van der Waals surface area contributed by atoms with Gasteiger partial charge in [0, 0.05) is 46.4 Å². The summed E-state index contributed by atoms with van der Waals surface area (Å²) >= 11 is 6.20. The largest absolute Gasteiger partial charge is 0.481 e. The van der Waals surface area contributed by atoms with Crippen molar-refractivity contribution < 1.29 is 101 Å². The fourth-order valence-corrected chi connectivity index (χ4v) is 41.7. The molecule has 36 heteroatoms. The van der Waals surface area contributed by atoms with Crippen molar-refractivity contribution >= 4 is 133 Å². The van der Waals surface area contributed by atoms with E-state index in [2.05, 4.69) is 62.3 Å². The minimum atomic E-state index is -4.40. The maximum Gasteiger partial charge on any atom is 0.389 e. The van der Waals surface area contributed by atoms with Crippen LogP contribution in [0, 0.1) is 53.3 Å². The second-order valence-corrected chi connectivity index (χ2v) is 61.3. The Labute approximate surface area is 673 Å². The normalized spacial score (nSPS) is 20.9. The molecule has 0 radical (unpaired) electrons. The molecule has 0 spiro atoms. The number of hydrogen-bond donors (Lipinski definition) is 1. The molecule has 0 aromatic rings. The molecule has 0 aliphatic rings. The van der Waals surface area contributed by atoms with Crippen LogP contribution in [-0.4, -0.2) is 137 Å². The van der Waals surface area contributed by atoms with E-state index < -0.39 is 133 Å². The van der Waals surface area contributed by atoms with Crippen molar-refractivity contribution in [1.82, 2.24) is 0 Å². The van der Waals surface area contributed by atoms with Gasteiger partial charge in [0.2, 0.25) is 0 Å². The van der Waals surface area contributed by atoms with Crippen molar-refractivity contribution in [2.75, 3.05) is 46.4 Å². The van der Waals surface area contributed by atoms with Crippen LogP contribution in [0.1, 0.15) is 265 Å². The lowest BCUT2D eigenvalue weighted by Gasteiger charge is -2.30. The van der Waals surface area contributed by atoms with Gasteiger partial charge < -0.3 is 9.63 Å². The second-order valence-electron chi connectivity index (χ2n) is 32.3. The number of rotatable bonds is 66. The van der Waals surface area contributed by atoms with Gasteiger partial charge in [-0.25, -0.2) is 27.4 Å². The molecule has 0 heterocycles.